The lowest BCUT2D eigenvalue weighted by Crippen LogP contribution is -2.33. The fourth-order valence-electron chi connectivity index (χ4n) is 2.18. The Kier molecular flexibility index (Phi) is 4.12. The first-order chi connectivity index (χ1) is 11.7. The number of anilines is 2. The number of nitriles is 1. The second kappa shape index (κ2) is 6.54. The largest absolute Gasteiger partial charge is 0.332 e. The van der Waals surface area contributed by atoms with Crippen molar-refractivity contribution in [1.82, 2.24) is 9.97 Å². The van der Waals surface area contributed by atoms with Gasteiger partial charge in [-0.3, -0.25) is 14.8 Å². The maximum Gasteiger partial charge on any atom is 0.332 e. The third-order valence-electron chi connectivity index (χ3n) is 3.30. The molecular weight excluding hydrogens is 306 g/mol. The van der Waals surface area contributed by atoms with Crippen LogP contribution in [0.4, 0.5) is 16.2 Å². The molecule has 0 fully saturated rings. The molecule has 7 heteroatoms. The smallest absolute Gasteiger partial charge is 0.307 e. The van der Waals surface area contributed by atoms with Crippen molar-refractivity contribution in [3.8, 4) is 6.07 Å². The third-order valence-corrected chi connectivity index (χ3v) is 3.30. The molecule has 1 N–H and O–H groups in total. The van der Waals surface area contributed by atoms with Crippen LogP contribution in [-0.2, 0) is 4.79 Å². The molecule has 0 aliphatic rings. The van der Waals surface area contributed by atoms with Crippen molar-refractivity contribution in [3.63, 3.8) is 0 Å². The van der Waals surface area contributed by atoms with Crippen LogP contribution in [0.3, 0.4) is 0 Å². The van der Waals surface area contributed by atoms with Gasteiger partial charge in [0.25, 0.3) is 0 Å². The van der Waals surface area contributed by atoms with Crippen molar-refractivity contribution in [2.24, 2.45) is 0 Å². The number of hydrogen-bond donors (Lipinski definition) is 1. The Hall–Kier alpha value is -3.79. The predicted molar refractivity (Wildman–Crippen MR) is 88.3 cm³/mol. The Morgan fingerprint density at radius 1 is 1.12 bits per heavy atom. The Labute approximate surface area is 137 Å². The normalized spacial score (nSPS) is 9.96. The van der Waals surface area contributed by atoms with Gasteiger partial charge in [0.2, 0.25) is 6.41 Å². The molecule has 7 nitrogen and oxygen atoms in total. The minimum atomic E-state index is -0.636. The first kappa shape index (κ1) is 15.1. The van der Waals surface area contributed by atoms with E-state index in [1.54, 1.807) is 42.6 Å². The standard InChI is InChI=1S/C17H11N5O2/c18-10-12-2-1-3-13(8-12)21-17(24)22(11-23)14-4-5-15-16(9-14)20-7-6-19-15/h1-9,11H,(H,21,24). The number of carbonyl (C=O) groups excluding carboxylic acids is 2. The Balaban J connectivity index is 1.87. The molecule has 116 valence electrons. The van der Waals surface area contributed by atoms with Gasteiger partial charge in [0.05, 0.1) is 28.4 Å². The van der Waals surface area contributed by atoms with E-state index in [4.69, 9.17) is 5.26 Å². The summed E-state index contributed by atoms with van der Waals surface area (Å²) in [5, 5.41) is 11.5. The maximum atomic E-state index is 12.3. The number of nitrogens with zero attached hydrogens (tertiary/aromatic N) is 4. The zero-order valence-electron chi connectivity index (χ0n) is 12.4. The van der Waals surface area contributed by atoms with Crippen LogP contribution in [0.25, 0.3) is 11.0 Å². The van der Waals surface area contributed by atoms with E-state index in [9.17, 15) is 9.59 Å². The lowest BCUT2D eigenvalue weighted by molar-refractivity contribution is -0.106. The number of aromatic nitrogens is 2. The average Bonchev–Trinajstić information content (AvgIpc) is 2.62. The van der Waals surface area contributed by atoms with Gasteiger partial charge in [0.1, 0.15) is 0 Å². The van der Waals surface area contributed by atoms with Crippen LogP contribution in [0.1, 0.15) is 5.56 Å². The molecule has 1 heterocycles. The summed E-state index contributed by atoms with van der Waals surface area (Å²) in [6, 6.07) is 12.7. The summed E-state index contributed by atoms with van der Waals surface area (Å²) in [5.41, 5.74) is 2.43. The number of rotatable bonds is 3. The summed E-state index contributed by atoms with van der Waals surface area (Å²) < 4.78 is 0. The number of amides is 3. The molecule has 0 radical (unpaired) electrons. The van der Waals surface area contributed by atoms with Crippen molar-refractivity contribution in [1.29, 1.82) is 5.26 Å². The van der Waals surface area contributed by atoms with Crippen LogP contribution in [-0.4, -0.2) is 22.4 Å². The summed E-state index contributed by atoms with van der Waals surface area (Å²) >= 11 is 0. The summed E-state index contributed by atoms with van der Waals surface area (Å²) in [4.78, 5) is 32.9. The molecule has 0 atom stereocenters. The molecule has 3 aromatic rings. The van der Waals surface area contributed by atoms with Crippen LogP contribution in [0, 0.1) is 11.3 Å². The number of urea groups is 1. The number of carbonyl (C=O) groups is 2. The molecule has 3 rings (SSSR count). The molecule has 0 bridgehead atoms. The van der Waals surface area contributed by atoms with E-state index in [0.717, 1.165) is 4.90 Å². The number of fused-ring (bicyclic) bond motifs is 1. The van der Waals surface area contributed by atoms with Crippen LogP contribution >= 0.6 is 0 Å². The van der Waals surface area contributed by atoms with Crippen molar-refractivity contribution >= 4 is 34.8 Å². The van der Waals surface area contributed by atoms with Crippen molar-refractivity contribution in [2.45, 2.75) is 0 Å². The highest BCUT2D eigenvalue weighted by Crippen LogP contribution is 2.20. The highest BCUT2D eigenvalue weighted by atomic mass is 16.2. The number of hydrogen-bond acceptors (Lipinski definition) is 5. The lowest BCUT2D eigenvalue weighted by Gasteiger charge is -2.16. The monoisotopic (exact) mass is 317 g/mol. The van der Waals surface area contributed by atoms with E-state index < -0.39 is 6.03 Å². The molecule has 3 amide bonds. The predicted octanol–water partition coefficient (Wildman–Crippen LogP) is 2.70. The van der Waals surface area contributed by atoms with Crippen LogP contribution in [0.2, 0.25) is 0 Å². The van der Waals surface area contributed by atoms with Gasteiger partial charge < -0.3 is 5.32 Å². The highest BCUT2D eigenvalue weighted by molar-refractivity contribution is 6.12. The Bertz CT molecular complexity index is 964. The molecule has 1 aromatic heterocycles. The molecule has 0 saturated carbocycles. The highest BCUT2D eigenvalue weighted by Gasteiger charge is 2.16. The molecular formula is C17H11N5O2. The molecule has 2 aromatic carbocycles. The molecule has 24 heavy (non-hydrogen) atoms. The molecule has 0 spiro atoms. The van der Waals surface area contributed by atoms with E-state index in [0.29, 0.717) is 34.4 Å². The molecule has 0 aliphatic heterocycles. The fourth-order valence-corrected chi connectivity index (χ4v) is 2.18. The number of nitrogens with one attached hydrogen (secondary N) is 1. The Morgan fingerprint density at radius 3 is 2.67 bits per heavy atom. The summed E-state index contributed by atoms with van der Waals surface area (Å²) in [7, 11) is 0. The van der Waals surface area contributed by atoms with E-state index in [2.05, 4.69) is 15.3 Å². The van der Waals surface area contributed by atoms with Crippen molar-refractivity contribution in [2.75, 3.05) is 10.2 Å². The first-order valence-corrected chi connectivity index (χ1v) is 6.98. The van der Waals surface area contributed by atoms with E-state index >= 15 is 0 Å². The van der Waals surface area contributed by atoms with E-state index in [-0.39, 0.29) is 0 Å². The first-order valence-electron chi connectivity index (χ1n) is 6.98. The zero-order chi connectivity index (χ0) is 16.9. The second-order valence-electron chi connectivity index (χ2n) is 4.83. The number of imide groups is 1. The van der Waals surface area contributed by atoms with Gasteiger partial charge in [-0.15, -0.1) is 0 Å². The molecule has 0 saturated heterocycles. The second-order valence-corrected chi connectivity index (χ2v) is 4.83. The minimum absolute atomic E-state index is 0.368. The number of benzene rings is 2. The Morgan fingerprint density at radius 2 is 1.92 bits per heavy atom. The lowest BCUT2D eigenvalue weighted by atomic mass is 10.2. The minimum Gasteiger partial charge on any atom is -0.307 e. The molecule has 0 unspecified atom stereocenters. The third kappa shape index (κ3) is 3.03. The summed E-state index contributed by atoms with van der Waals surface area (Å²) in [6.45, 7) is 0. The van der Waals surface area contributed by atoms with Gasteiger partial charge in [-0.25, -0.2) is 9.69 Å². The summed E-state index contributed by atoms with van der Waals surface area (Å²) in [5.74, 6) is 0. The van der Waals surface area contributed by atoms with Crippen molar-refractivity contribution < 1.29 is 9.59 Å². The van der Waals surface area contributed by atoms with Gasteiger partial charge in [0.15, 0.2) is 0 Å². The quantitative estimate of drug-likeness (QED) is 0.749. The van der Waals surface area contributed by atoms with Gasteiger partial charge in [-0.05, 0) is 36.4 Å². The summed E-state index contributed by atoms with van der Waals surface area (Å²) in [6.07, 6.45) is 3.51. The van der Waals surface area contributed by atoms with Crippen LogP contribution < -0.4 is 10.2 Å². The van der Waals surface area contributed by atoms with Crippen LogP contribution in [0.5, 0.6) is 0 Å². The average molecular weight is 317 g/mol. The van der Waals surface area contributed by atoms with Gasteiger partial charge in [-0.2, -0.15) is 5.26 Å². The maximum absolute atomic E-state index is 12.3. The van der Waals surface area contributed by atoms with Crippen molar-refractivity contribution in [3.05, 3.63) is 60.4 Å². The molecule has 0 aliphatic carbocycles. The fraction of sp³-hybridized carbons (Fsp3) is 0. The topological polar surface area (TPSA) is 99.0 Å². The van der Waals surface area contributed by atoms with Crippen LogP contribution in [0.15, 0.2) is 54.9 Å². The SMILES string of the molecule is N#Cc1cccc(NC(=O)N(C=O)c2ccc3nccnc3c2)c1. The van der Waals surface area contributed by atoms with E-state index in [1.807, 2.05) is 6.07 Å². The van der Waals surface area contributed by atoms with Gasteiger partial charge in [-0.1, -0.05) is 6.07 Å². The zero-order valence-corrected chi connectivity index (χ0v) is 12.4. The van der Waals surface area contributed by atoms with Gasteiger partial charge in [0, 0.05) is 18.1 Å². The van der Waals surface area contributed by atoms with Gasteiger partial charge >= 0.3 is 6.03 Å². The van der Waals surface area contributed by atoms with E-state index in [1.165, 1.54) is 12.3 Å².